The van der Waals surface area contributed by atoms with Gasteiger partial charge in [-0.15, -0.1) is 20.4 Å². The molecule has 0 radical (unpaired) electrons. The van der Waals surface area contributed by atoms with Gasteiger partial charge in [-0.3, -0.25) is 0 Å². The summed E-state index contributed by atoms with van der Waals surface area (Å²) in [5, 5.41) is 20.3. The average molecular weight is 365 g/mol. The normalized spacial score (nSPS) is 17.4. The zero-order chi connectivity index (χ0) is 16.2. The highest BCUT2D eigenvalue weighted by Crippen LogP contribution is 2.29. The van der Waals surface area contributed by atoms with E-state index in [9.17, 15) is 0 Å². The van der Waals surface area contributed by atoms with E-state index in [-0.39, 0.29) is 6.10 Å². The van der Waals surface area contributed by atoms with E-state index >= 15 is 0 Å². The van der Waals surface area contributed by atoms with Gasteiger partial charge >= 0.3 is 0 Å². The van der Waals surface area contributed by atoms with Gasteiger partial charge in [0, 0.05) is 13.2 Å². The summed E-state index contributed by atoms with van der Waals surface area (Å²) in [4.78, 5) is 0. The number of nitrogens with zero attached hydrogens (tertiary/aromatic N) is 4. The first kappa shape index (κ1) is 15.6. The smallest absolute Gasteiger partial charge is 0.283 e. The van der Waals surface area contributed by atoms with E-state index in [2.05, 4.69) is 25.7 Å². The number of thioether (sulfide) groups is 1. The molecule has 1 unspecified atom stereocenters. The molecule has 1 saturated heterocycles. The molecule has 0 aliphatic carbocycles. The van der Waals surface area contributed by atoms with Crippen molar-refractivity contribution in [2.45, 2.75) is 29.0 Å². The minimum absolute atomic E-state index is 0.281. The van der Waals surface area contributed by atoms with Gasteiger partial charge in [0.25, 0.3) is 5.89 Å². The summed E-state index contributed by atoms with van der Waals surface area (Å²) >= 11 is 3.02. The predicted octanol–water partition coefficient (Wildman–Crippen LogP) is 3.06. The lowest BCUT2D eigenvalue weighted by Gasteiger charge is -2.08. The van der Waals surface area contributed by atoms with Crippen LogP contribution >= 0.6 is 23.1 Å². The molecule has 1 aliphatic heterocycles. The van der Waals surface area contributed by atoms with E-state index in [1.54, 1.807) is 18.4 Å². The van der Waals surface area contributed by atoms with Crippen molar-refractivity contribution in [3.8, 4) is 11.7 Å². The number of anilines is 1. The lowest BCUT2D eigenvalue weighted by molar-refractivity contribution is 0.120. The van der Waals surface area contributed by atoms with Crippen molar-refractivity contribution in [2.75, 3.05) is 18.5 Å². The SMILES string of the molecule is c1coc(-c2nnc(CSc3nnc(NCC4CCCO4)s3)o2)c1. The standard InChI is InChI=1S/C14H15N5O3S2/c1-3-9(20-5-1)7-15-13-18-19-14(24-13)23-8-11-16-17-12(22-11)10-4-2-6-21-10/h2,4,6,9H,1,3,5,7-8H2,(H,15,18). The van der Waals surface area contributed by atoms with Crippen molar-refractivity contribution in [3.63, 3.8) is 0 Å². The highest BCUT2D eigenvalue weighted by Gasteiger charge is 2.16. The summed E-state index contributed by atoms with van der Waals surface area (Å²) in [6.45, 7) is 1.63. The predicted molar refractivity (Wildman–Crippen MR) is 88.9 cm³/mol. The largest absolute Gasteiger partial charge is 0.459 e. The Labute approximate surface area is 146 Å². The molecule has 8 nitrogen and oxygen atoms in total. The Balaban J connectivity index is 1.28. The zero-order valence-corrected chi connectivity index (χ0v) is 14.3. The molecule has 24 heavy (non-hydrogen) atoms. The lowest BCUT2D eigenvalue weighted by atomic mass is 10.2. The summed E-state index contributed by atoms with van der Waals surface area (Å²) in [6.07, 6.45) is 4.08. The summed E-state index contributed by atoms with van der Waals surface area (Å²) in [7, 11) is 0. The van der Waals surface area contributed by atoms with Crippen LogP contribution in [-0.2, 0) is 10.5 Å². The monoisotopic (exact) mass is 365 g/mol. The fraction of sp³-hybridized carbons (Fsp3) is 0.429. The molecule has 0 spiro atoms. The van der Waals surface area contributed by atoms with Crippen LogP contribution in [0, 0.1) is 0 Å². The molecule has 1 atom stereocenters. The Hall–Kier alpha value is -1.91. The third-order valence-electron chi connectivity index (χ3n) is 3.43. The summed E-state index contributed by atoms with van der Waals surface area (Å²) in [5.41, 5.74) is 0. The molecular formula is C14H15N5O3S2. The van der Waals surface area contributed by atoms with Crippen LogP contribution < -0.4 is 5.32 Å². The van der Waals surface area contributed by atoms with E-state index in [4.69, 9.17) is 13.6 Å². The molecule has 10 heteroatoms. The first-order valence-electron chi connectivity index (χ1n) is 7.55. The maximum absolute atomic E-state index is 5.57. The second-order valence-corrected chi connectivity index (χ2v) is 7.36. The fourth-order valence-electron chi connectivity index (χ4n) is 2.28. The fourth-order valence-corrected chi connectivity index (χ4v) is 3.88. The maximum atomic E-state index is 5.57. The van der Waals surface area contributed by atoms with Crippen LogP contribution in [0.3, 0.4) is 0 Å². The van der Waals surface area contributed by atoms with Gasteiger partial charge in [0.15, 0.2) is 10.1 Å². The molecule has 3 aromatic heterocycles. The number of furan rings is 1. The van der Waals surface area contributed by atoms with Crippen LogP contribution in [0.15, 0.2) is 31.6 Å². The minimum Gasteiger partial charge on any atom is -0.459 e. The van der Waals surface area contributed by atoms with Crippen LogP contribution in [0.2, 0.25) is 0 Å². The van der Waals surface area contributed by atoms with Gasteiger partial charge in [0.1, 0.15) is 0 Å². The van der Waals surface area contributed by atoms with Crippen molar-refractivity contribution >= 4 is 28.2 Å². The van der Waals surface area contributed by atoms with Gasteiger partial charge in [0.2, 0.25) is 11.0 Å². The number of ether oxygens (including phenoxy) is 1. The van der Waals surface area contributed by atoms with Gasteiger partial charge in [-0.1, -0.05) is 23.1 Å². The first-order valence-corrected chi connectivity index (χ1v) is 9.35. The van der Waals surface area contributed by atoms with Crippen LogP contribution in [-0.4, -0.2) is 39.7 Å². The zero-order valence-electron chi connectivity index (χ0n) is 12.7. The Morgan fingerprint density at radius 2 is 2.29 bits per heavy atom. The second kappa shape index (κ2) is 7.32. The van der Waals surface area contributed by atoms with E-state index in [0.717, 1.165) is 35.5 Å². The first-order chi connectivity index (χ1) is 11.9. The van der Waals surface area contributed by atoms with Crippen LogP contribution in [0.4, 0.5) is 5.13 Å². The third-order valence-corrected chi connectivity index (χ3v) is 5.43. The maximum Gasteiger partial charge on any atom is 0.283 e. The molecule has 126 valence electrons. The van der Waals surface area contributed by atoms with Crippen molar-refractivity contribution in [1.29, 1.82) is 0 Å². The Morgan fingerprint density at radius 1 is 1.29 bits per heavy atom. The molecule has 0 amide bonds. The van der Waals surface area contributed by atoms with E-state index in [1.165, 1.54) is 23.1 Å². The molecule has 4 heterocycles. The molecule has 0 aromatic carbocycles. The number of nitrogens with one attached hydrogen (secondary N) is 1. The van der Waals surface area contributed by atoms with Gasteiger partial charge in [0.05, 0.1) is 18.1 Å². The topological polar surface area (TPSA) is 99.1 Å². The minimum atomic E-state index is 0.281. The Morgan fingerprint density at radius 3 is 3.12 bits per heavy atom. The van der Waals surface area contributed by atoms with Crippen molar-refractivity contribution in [2.24, 2.45) is 0 Å². The van der Waals surface area contributed by atoms with Gasteiger partial charge < -0.3 is 18.9 Å². The highest BCUT2D eigenvalue weighted by molar-refractivity contribution is 8.00. The van der Waals surface area contributed by atoms with E-state index in [1.807, 2.05) is 0 Å². The van der Waals surface area contributed by atoms with Crippen LogP contribution in [0.25, 0.3) is 11.7 Å². The molecule has 0 saturated carbocycles. The average Bonchev–Trinajstić information content (AvgIpc) is 3.40. The molecule has 1 fully saturated rings. The molecule has 0 bridgehead atoms. The number of hydrogen-bond acceptors (Lipinski definition) is 10. The van der Waals surface area contributed by atoms with Gasteiger partial charge in [-0.2, -0.15) is 0 Å². The van der Waals surface area contributed by atoms with Crippen molar-refractivity contribution in [3.05, 3.63) is 24.3 Å². The highest BCUT2D eigenvalue weighted by atomic mass is 32.2. The van der Waals surface area contributed by atoms with E-state index in [0.29, 0.717) is 23.3 Å². The number of aromatic nitrogens is 4. The molecular weight excluding hydrogens is 350 g/mol. The van der Waals surface area contributed by atoms with Gasteiger partial charge in [-0.25, -0.2) is 0 Å². The Bertz CT molecular complexity index is 767. The van der Waals surface area contributed by atoms with E-state index < -0.39 is 0 Å². The molecule has 4 rings (SSSR count). The molecule has 1 N–H and O–H groups in total. The quantitative estimate of drug-likeness (QED) is 0.633. The number of hydrogen-bond donors (Lipinski definition) is 1. The summed E-state index contributed by atoms with van der Waals surface area (Å²) < 4.78 is 17.2. The van der Waals surface area contributed by atoms with Gasteiger partial charge in [-0.05, 0) is 25.0 Å². The van der Waals surface area contributed by atoms with Crippen LogP contribution in [0.1, 0.15) is 18.7 Å². The molecule has 1 aliphatic rings. The summed E-state index contributed by atoms with van der Waals surface area (Å²) in [6, 6.07) is 3.56. The third kappa shape index (κ3) is 3.77. The van der Waals surface area contributed by atoms with Crippen molar-refractivity contribution in [1.82, 2.24) is 20.4 Å². The number of rotatable bonds is 7. The Kier molecular flexibility index (Phi) is 4.76. The summed E-state index contributed by atoms with van der Waals surface area (Å²) in [5.74, 6) is 2.01. The van der Waals surface area contributed by atoms with Crippen LogP contribution in [0.5, 0.6) is 0 Å². The molecule has 3 aromatic rings. The van der Waals surface area contributed by atoms with Crippen molar-refractivity contribution < 1.29 is 13.6 Å². The lowest BCUT2D eigenvalue weighted by Crippen LogP contribution is -2.18. The second-order valence-electron chi connectivity index (χ2n) is 5.16.